The fourth-order valence-corrected chi connectivity index (χ4v) is 7.59. The van der Waals surface area contributed by atoms with Crippen molar-refractivity contribution in [2.24, 2.45) is 5.16 Å². The first kappa shape index (κ1) is 24.9. The minimum absolute atomic E-state index is 0.167. The van der Waals surface area contributed by atoms with Gasteiger partial charge in [-0.25, -0.2) is 4.98 Å². The summed E-state index contributed by atoms with van der Waals surface area (Å²) in [6.07, 6.45) is 6.72. The van der Waals surface area contributed by atoms with Crippen LogP contribution in [0.1, 0.15) is 37.7 Å². The van der Waals surface area contributed by atoms with Gasteiger partial charge >= 0.3 is 0 Å². The van der Waals surface area contributed by atoms with Crippen molar-refractivity contribution in [2.45, 2.75) is 57.8 Å². The third-order valence-electron chi connectivity index (χ3n) is 6.24. The molecule has 1 aromatic heterocycles. The van der Waals surface area contributed by atoms with Gasteiger partial charge in [0.2, 0.25) is 0 Å². The van der Waals surface area contributed by atoms with Crippen LogP contribution in [0, 0.1) is 0 Å². The van der Waals surface area contributed by atoms with E-state index in [2.05, 4.69) is 27.4 Å². The predicted octanol–water partition coefficient (Wildman–Crippen LogP) is 3.75. The summed E-state index contributed by atoms with van der Waals surface area (Å²) >= 11 is 3.32. The molecule has 2 aliphatic heterocycles. The van der Waals surface area contributed by atoms with Gasteiger partial charge in [-0.1, -0.05) is 28.6 Å². The molecule has 1 aromatic carbocycles. The summed E-state index contributed by atoms with van der Waals surface area (Å²) in [5.41, 5.74) is 0.774. The Labute approximate surface area is 216 Å². The number of piperidine rings is 1. The topological polar surface area (TPSA) is 93.1 Å². The smallest absolute Gasteiger partial charge is 0.280 e. The highest BCUT2D eigenvalue weighted by molar-refractivity contribution is 8.01. The van der Waals surface area contributed by atoms with Gasteiger partial charge in [0.25, 0.3) is 5.91 Å². The van der Waals surface area contributed by atoms with Crippen molar-refractivity contribution in [1.82, 2.24) is 9.88 Å². The van der Waals surface area contributed by atoms with Crippen molar-refractivity contribution in [3.63, 3.8) is 0 Å². The predicted molar refractivity (Wildman–Crippen MR) is 140 cm³/mol. The van der Waals surface area contributed by atoms with Crippen LogP contribution in [0.25, 0.3) is 0 Å². The summed E-state index contributed by atoms with van der Waals surface area (Å²) in [7, 11) is 1.16. The number of anilines is 1. The molecule has 5 rings (SSSR count). The van der Waals surface area contributed by atoms with Crippen LogP contribution >= 0.6 is 23.1 Å². The molecule has 2 saturated heterocycles. The van der Waals surface area contributed by atoms with E-state index < -0.39 is 10.8 Å². The number of benzene rings is 1. The molecule has 11 heteroatoms. The van der Waals surface area contributed by atoms with Crippen molar-refractivity contribution in [3.8, 4) is 0 Å². The van der Waals surface area contributed by atoms with Crippen LogP contribution in [0.5, 0.6) is 0 Å². The zero-order valence-electron chi connectivity index (χ0n) is 19.7. The standard InChI is InChI=1S/C24H30N4O4S3/c1-28-11-8-18(9-12-28)33-21-14-25-24(34-21)26-23(29)22(27-32-17-10-13-31-15-17)16-2-4-19(5-3-16)35(30)20-6-7-20/h2-5,14,17-18,20H,6-13,15H2,1H3,(H,25,26,29)/b27-22+/t17-,35?/m1/s1. The number of nitrogens with one attached hydrogen (secondary N) is 1. The maximum Gasteiger partial charge on any atom is 0.280 e. The van der Waals surface area contributed by atoms with Gasteiger partial charge in [0.15, 0.2) is 16.9 Å². The van der Waals surface area contributed by atoms with Gasteiger partial charge in [0.1, 0.15) is 0 Å². The van der Waals surface area contributed by atoms with Crippen LogP contribution in [-0.4, -0.2) is 75.7 Å². The zero-order valence-corrected chi connectivity index (χ0v) is 22.1. The van der Waals surface area contributed by atoms with Crippen LogP contribution in [-0.2, 0) is 25.2 Å². The molecular weight excluding hydrogens is 504 g/mol. The van der Waals surface area contributed by atoms with E-state index in [9.17, 15) is 9.00 Å². The van der Waals surface area contributed by atoms with Gasteiger partial charge in [0, 0.05) is 27.4 Å². The highest BCUT2D eigenvalue weighted by Gasteiger charge is 2.29. The second-order valence-corrected chi connectivity index (χ2v) is 13.5. The average Bonchev–Trinajstić information content (AvgIpc) is 3.41. The van der Waals surface area contributed by atoms with Crippen molar-refractivity contribution >= 4 is 50.6 Å². The summed E-state index contributed by atoms with van der Waals surface area (Å²) in [6, 6.07) is 7.19. The Hall–Kier alpha value is -1.79. The number of aromatic nitrogens is 1. The molecule has 35 heavy (non-hydrogen) atoms. The van der Waals surface area contributed by atoms with Crippen molar-refractivity contribution in [1.29, 1.82) is 0 Å². The number of thioether (sulfide) groups is 1. The molecular formula is C24H30N4O4S3. The van der Waals surface area contributed by atoms with Gasteiger partial charge in [-0.2, -0.15) is 0 Å². The Morgan fingerprint density at radius 3 is 2.69 bits per heavy atom. The van der Waals surface area contributed by atoms with E-state index in [0.717, 1.165) is 54.3 Å². The lowest BCUT2D eigenvalue weighted by Gasteiger charge is -2.27. The van der Waals surface area contributed by atoms with Crippen LogP contribution in [0.3, 0.4) is 0 Å². The number of amides is 1. The third-order valence-corrected chi connectivity index (χ3v) is 10.4. The fraction of sp³-hybridized carbons (Fsp3) is 0.542. The summed E-state index contributed by atoms with van der Waals surface area (Å²) in [6.45, 7) is 3.31. The van der Waals surface area contributed by atoms with Gasteiger partial charge in [-0.3, -0.25) is 14.3 Å². The van der Waals surface area contributed by atoms with E-state index in [1.165, 1.54) is 11.3 Å². The summed E-state index contributed by atoms with van der Waals surface area (Å²) in [5, 5.41) is 8.48. The fourth-order valence-electron chi connectivity index (χ4n) is 3.96. The lowest BCUT2D eigenvalue weighted by Crippen LogP contribution is -2.31. The minimum Gasteiger partial charge on any atom is -0.389 e. The Morgan fingerprint density at radius 1 is 1.23 bits per heavy atom. The number of hydrogen-bond donors (Lipinski definition) is 1. The summed E-state index contributed by atoms with van der Waals surface area (Å²) in [4.78, 5) is 26.4. The summed E-state index contributed by atoms with van der Waals surface area (Å²) < 4.78 is 18.9. The van der Waals surface area contributed by atoms with E-state index in [4.69, 9.17) is 9.57 Å². The van der Waals surface area contributed by atoms with E-state index in [1.807, 2.05) is 30.1 Å². The van der Waals surface area contributed by atoms with Crippen LogP contribution < -0.4 is 5.32 Å². The van der Waals surface area contributed by atoms with E-state index >= 15 is 0 Å². The Kier molecular flexibility index (Phi) is 8.18. The first-order valence-corrected chi connectivity index (χ1v) is 14.9. The average molecular weight is 535 g/mol. The zero-order chi connectivity index (χ0) is 24.2. The largest absolute Gasteiger partial charge is 0.389 e. The van der Waals surface area contributed by atoms with E-state index in [1.54, 1.807) is 12.1 Å². The maximum absolute atomic E-state index is 13.2. The second-order valence-electron chi connectivity index (χ2n) is 9.11. The number of carbonyl (C=O) groups is 1. The second kappa shape index (κ2) is 11.5. The number of ether oxygens (including phenoxy) is 1. The molecule has 0 radical (unpaired) electrons. The molecule has 3 heterocycles. The quantitative estimate of drug-likeness (QED) is 0.387. The number of rotatable bonds is 9. The van der Waals surface area contributed by atoms with Crippen LogP contribution in [0.15, 0.2) is 44.7 Å². The highest BCUT2D eigenvalue weighted by Crippen LogP contribution is 2.35. The monoisotopic (exact) mass is 534 g/mol. The first-order chi connectivity index (χ1) is 17.0. The van der Waals surface area contributed by atoms with Crippen molar-refractivity contribution in [3.05, 3.63) is 36.0 Å². The SMILES string of the molecule is CN1CCC(Sc2cnc(NC(=O)/C(=N/O[C@@H]3CCOC3)c3ccc(S(=O)C4CC4)cc3)s2)CC1. The Bertz CT molecular complexity index is 1070. The van der Waals surface area contributed by atoms with Crippen LogP contribution in [0.4, 0.5) is 5.13 Å². The molecule has 2 aromatic rings. The summed E-state index contributed by atoms with van der Waals surface area (Å²) in [5.74, 6) is -0.384. The minimum atomic E-state index is -0.998. The Balaban J connectivity index is 1.27. The number of hydrogen-bond acceptors (Lipinski definition) is 9. The van der Waals surface area contributed by atoms with Gasteiger partial charge < -0.3 is 14.5 Å². The molecule has 1 amide bonds. The Morgan fingerprint density at radius 2 is 2.00 bits per heavy atom. The van der Waals surface area contributed by atoms with Gasteiger partial charge in [-0.15, -0.1) is 11.8 Å². The third kappa shape index (κ3) is 6.71. The lowest BCUT2D eigenvalue weighted by atomic mass is 10.1. The highest BCUT2D eigenvalue weighted by atomic mass is 32.2. The molecule has 3 fully saturated rings. The lowest BCUT2D eigenvalue weighted by molar-refractivity contribution is -0.110. The number of likely N-dealkylation sites (tertiary alicyclic amines) is 1. The molecule has 3 aliphatic rings. The van der Waals surface area contributed by atoms with E-state index in [-0.39, 0.29) is 23.0 Å². The number of oxime groups is 1. The number of nitrogens with zero attached hydrogens (tertiary/aromatic N) is 3. The molecule has 0 bridgehead atoms. The van der Waals surface area contributed by atoms with Gasteiger partial charge in [0.05, 0.1) is 34.4 Å². The number of carbonyl (C=O) groups excluding carboxylic acids is 1. The molecule has 2 atom stereocenters. The molecule has 188 valence electrons. The maximum atomic E-state index is 13.2. The number of thiazole rings is 1. The van der Waals surface area contributed by atoms with Crippen LogP contribution in [0.2, 0.25) is 0 Å². The normalized spacial score (nSPS) is 22.8. The van der Waals surface area contributed by atoms with E-state index in [0.29, 0.717) is 29.2 Å². The first-order valence-electron chi connectivity index (χ1n) is 12.0. The molecule has 1 unspecified atom stereocenters. The molecule has 1 N–H and O–H groups in total. The molecule has 1 aliphatic carbocycles. The van der Waals surface area contributed by atoms with Crippen molar-refractivity contribution in [2.75, 3.05) is 38.7 Å². The molecule has 8 nitrogen and oxygen atoms in total. The molecule has 0 spiro atoms. The molecule has 1 saturated carbocycles. The van der Waals surface area contributed by atoms with Crippen molar-refractivity contribution < 1.29 is 18.6 Å². The van der Waals surface area contributed by atoms with Gasteiger partial charge in [-0.05, 0) is 58.0 Å².